The molecule has 0 aromatic heterocycles. The Labute approximate surface area is 95.8 Å². The Kier molecular flexibility index (Phi) is 4.05. The molecule has 0 atom stereocenters. The minimum atomic E-state index is -3.76. The van der Waals surface area contributed by atoms with Crippen LogP contribution in [0.3, 0.4) is 0 Å². The number of thiocarbonyl (C=S) groups is 1. The predicted octanol–water partition coefficient (Wildman–Crippen LogP) is 0.159. The lowest BCUT2D eigenvalue weighted by molar-refractivity contribution is 0.441. The van der Waals surface area contributed by atoms with Gasteiger partial charge in [-0.3, -0.25) is 0 Å². The van der Waals surface area contributed by atoms with E-state index in [0.717, 1.165) is 25.7 Å². The monoisotopic (exact) mass is 251 g/mol. The molecule has 0 unspecified atom stereocenters. The molecule has 0 heterocycles. The van der Waals surface area contributed by atoms with Crippen LogP contribution in [0.2, 0.25) is 0 Å². The van der Waals surface area contributed by atoms with Crippen LogP contribution in [0.15, 0.2) is 0 Å². The van der Waals surface area contributed by atoms with Gasteiger partial charge in [-0.05, 0) is 12.8 Å². The van der Waals surface area contributed by atoms with E-state index in [0.29, 0.717) is 12.8 Å². The highest BCUT2D eigenvalue weighted by Gasteiger charge is 2.36. The largest absolute Gasteiger partial charge is 0.392 e. The van der Waals surface area contributed by atoms with Crippen molar-refractivity contribution < 1.29 is 8.42 Å². The first kappa shape index (κ1) is 12.8. The van der Waals surface area contributed by atoms with E-state index in [1.54, 1.807) is 0 Å². The molecule has 1 aliphatic carbocycles. The van der Waals surface area contributed by atoms with Gasteiger partial charge in [-0.25, -0.2) is 5.14 Å². The van der Waals surface area contributed by atoms with Gasteiger partial charge in [0.05, 0.1) is 10.5 Å². The summed E-state index contributed by atoms with van der Waals surface area (Å²) in [6.07, 6.45) is 5.27. The molecular weight excluding hydrogens is 234 g/mol. The Bertz CT molecular complexity index is 332. The van der Waals surface area contributed by atoms with Crippen molar-refractivity contribution in [3.63, 3.8) is 0 Å². The molecule has 0 saturated heterocycles. The molecule has 1 rings (SSSR count). The molecular formula is C8H17N3O2S2. The van der Waals surface area contributed by atoms with Crippen molar-refractivity contribution in [3.05, 3.63) is 0 Å². The lowest BCUT2D eigenvalue weighted by Crippen LogP contribution is -2.57. The molecule has 5 nitrogen and oxygen atoms in total. The summed E-state index contributed by atoms with van der Waals surface area (Å²) >= 11 is 4.95. The zero-order valence-corrected chi connectivity index (χ0v) is 10.2. The summed E-state index contributed by atoms with van der Waals surface area (Å²) in [4.78, 5) is 0.193. The maximum Gasteiger partial charge on any atom is 0.275 e. The third-order valence-electron chi connectivity index (χ3n) is 2.77. The minimum absolute atomic E-state index is 0.193. The van der Waals surface area contributed by atoms with Gasteiger partial charge in [-0.15, -0.1) is 0 Å². The SMILES string of the molecule is NC(=S)C1(NS(N)(=O)=O)CCCCCC1. The molecule has 0 aromatic rings. The van der Waals surface area contributed by atoms with Gasteiger partial charge in [0.15, 0.2) is 0 Å². The van der Waals surface area contributed by atoms with Crippen LogP contribution in [0.25, 0.3) is 0 Å². The quantitative estimate of drug-likeness (QED) is 0.491. The highest BCUT2D eigenvalue weighted by molar-refractivity contribution is 7.87. The van der Waals surface area contributed by atoms with Crippen molar-refractivity contribution in [2.45, 2.75) is 44.1 Å². The van der Waals surface area contributed by atoms with Crippen LogP contribution in [0, 0.1) is 0 Å². The maximum absolute atomic E-state index is 11.1. The van der Waals surface area contributed by atoms with Gasteiger partial charge in [0.25, 0.3) is 10.2 Å². The first-order chi connectivity index (χ1) is 6.86. The smallest absolute Gasteiger partial charge is 0.275 e. The van der Waals surface area contributed by atoms with E-state index in [1.807, 2.05) is 0 Å². The average Bonchev–Trinajstić information content (AvgIpc) is 2.28. The Hall–Kier alpha value is -0.240. The second kappa shape index (κ2) is 4.73. The number of hydrogen-bond donors (Lipinski definition) is 3. The predicted molar refractivity (Wildman–Crippen MR) is 63.5 cm³/mol. The molecule has 0 aliphatic heterocycles. The van der Waals surface area contributed by atoms with Crippen LogP contribution in [0.5, 0.6) is 0 Å². The van der Waals surface area contributed by atoms with E-state index in [4.69, 9.17) is 23.1 Å². The van der Waals surface area contributed by atoms with Crippen molar-refractivity contribution in [1.29, 1.82) is 0 Å². The number of nitrogens with two attached hydrogens (primary N) is 2. The highest BCUT2D eigenvalue weighted by Crippen LogP contribution is 2.27. The zero-order chi connectivity index (χ0) is 11.5. The second-order valence-electron chi connectivity index (χ2n) is 4.01. The van der Waals surface area contributed by atoms with Gasteiger partial charge in [-0.1, -0.05) is 37.9 Å². The summed E-state index contributed by atoms with van der Waals surface area (Å²) in [7, 11) is -3.76. The molecule has 15 heavy (non-hydrogen) atoms. The lowest BCUT2D eigenvalue weighted by atomic mass is 9.91. The van der Waals surface area contributed by atoms with Crippen molar-refractivity contribution in [2.75, 3.05) is 0 Å². The standard InChI is InChI=1S/C8H17N3O2S2/c9-7(14)8(11-15(10,12)13)5-3-1-2-4-6-8/h11H,1-6H2,(H2,9,14)(H2,10,12,13). The Morgan fingerprint density at radius 3 is 2.00 bits per heavy atom. The van der Waals surface area contributed by atoms with E-state index >= 15 is 0 Å². The molecule has 1 fully saturated rings. The molecule has 7 heteroatoms. The van der Waals surface area contributed by atoms with E-state index in [9.17, 15) is 8.42 Å². The molecule has 0 bridgehead atoms. The van der Waals surface area contributed by atoms with Gasteiger partial charge in [0.1, 0.15) is 0 Å². The molecule has 1 saturated carbocycles. The van der Waals surface area contributed by atoms with E-state index in [2.05, 4.69) is 4.72 Å². The molecule has 1 aliphatic rings. The van der Waals surface area contributed by atoms with Gasteiger partial charge in [0, 0.05) is 0 Å². The van der Waals surface area contributed by atoms with Crippen LogP contribution in [0.1, 0.15) is 38.5 Å². The minimum Gasteiger partial charge on any atom is -0.392 e. The van der Waals surface area contributed by atoms with Crippen molar-refractivity contribution in [2.24, 2.45) is 10.9 Å². The average molecular weight is 251 g/mol. The Balaban J connectivity index is 2.90. The fourth-order valence-corrected chi connectivity index (χ4v) is 3.18. The first-order valence-corrected chi connectivity index (χ1v) is 6.93. The first-order valence-electron chi connectivity index (χ1n) is 4.97. The van der Waals surface area contributed by atoms with Crippen LogP contribution in [0.4, 0.5) is 0 Å². The van der Waals surface area contributed by atoms with Crippen molar-refractivity contribution in [3.8, 4) is 0 Å². The fourth-order valence-electron chi connectivity index (χ4n) is 2.00. The van der Waals surface area contributed by atoms with E-state index in [-0.39, 0.29) is 4.99 Å². The third-order valence-corrected chi connectivity index (χ3v) is 3.83. The zero-order valence-electron chi connectivity index (χ0n) is 8.53. The van der Waals surface area contributed by atoms with Crippen LogP contribution >= 0.6 is 12.2 Å². The Morgan fingerprint density at radius 1 is 1.20 bits per heavy atom. The van der Waals surface area contributed by atoms with Crippen molar-refractivity contribution in [1.82, 2.24) is 4.72 Å². The van der Waals surface area contributed by atoms with Gasteiger partial charge in [0.2, 0.25) is 0 Å². The Morgan fingerprint density at radius 2 is 1.67 bits per heavy atom. The summed E-state index contributed by atoms with van der Waals surface area (Å²) in [5.41, 5.74) is 4.82. The van der Waals surface area contributed by atoms with Crippen molar-refractivity contribution >= 4 is 27.4 Å². The lowest BCUT2D eigenvalue weighted by Gasteiger charge is -2.31. The molecule has 0 amide bonds. The van der Waals surface area contributed by atoms with Crippen LogP contribution < -0.4 is 15.6 Å². The summed E-state index contributed by atoms with van der Waals surface area (Å²) in [6.45, 7) is 0. The van der Waals surface area contributed by atoms with Crippen LogP contribution in [-0.4, -0.2) is 18.9 Å². The van der Waals surface area contributed by atoms with Gasteiger partial charge in [-0.2, -0.15) is 13.1 Å². The van der Waals surface area contributed by atoms with E-state index in [1.165, 1.54) is 0 Å². The number of nitrogens with one attached hydrogen (secondary N) is 1. The number of rotatable bonds is 3. The van der Waals surface area contributed by atoms with E-state index < -0.39 is 15.7 Å². The fraction of sp³-hybridized carbons (Fsp3) is 0.875. The highest BCUT2D eigenvalue weighted by atomic mass is 32.2. The molecule has 88 valence electrons. The maximum atomic E-state index is 11.1. The molecule has 0 radical (unpaired) electrons. The topological polar surface area (TPSA) is 98.2 Å². The number of hydrogen-bond acceptors (Lipinski definition) is 3. The summed E-state index contributed by atoms with van der Waals surface area (Å²) in [5.74, 6) is 0. The molecule has 0 spiro atoms. The second-order valence-corrected chi connectivity index (χ2v) is 5.74. The van der Waals surface area contributed by atoms with Crippen LogP contribution in [-0.2, 0) is 10.2 Å². The summed E-state index contributed by atoms with van der Waals surface area (Å²) in [6, 6.07) is 0. The molecule has 5 N–H and O–H groups in total. The third kappa shape index (κ3) is 3.67. The van der Waals surface area contributed by atoms with Gasteiger partial charge < -0.3 is 5.73 Å². The van der Waals surface area contributed by atoms with Gasteiger partial charge >= 0.3 is 0 Å². The molecule has 0 aromatic carbocycles. The normalized spacial score (nSPS) is 21.9. The summed E-state index contributed by atoms with van der Waals surface area (Å²) < 4.78 is 24.5. The summed E-state index contributed by atoms with van der Waals surface area (Å²) in [5, 5.41) is 4.99.